The fraction of sp³-hybridized carbons (Fsp3) is 0.364. The Morgan fingerprint density at radius 2 is 2.16 bits per heavy atom. The van der Waals surface area contributed by atoms with E-state index in [0.29, 0.717) is 19.6 Å². The Balaban J connectivity index is 2.72. The Bertz CT molecular complexity index is 457. The summed E-state index contributed by atoms with van der Waals surface area (Å²) in [7, 11) is 1.59. The van der Waals surface area contributed by atoms with E-state index < -0.39 is 11.6 Å². The normalized spacial score (nSPS) is 11.5. The van der Waals surface area contributed by atoms with Gasteiger partial charge in [0.15, 0.2) is 0 Å². The molecule has 1 aromatic rings. The number of hydrogen-bond donors (Lipinski definition) is 3. The Morgan fingerprint density at radius 1 is 1.42 bits per heavy atom. The van der Waals surface area contributed by atoms with E-state index in [1.807, 2.05) is 0 Å². The summed E-state index contributed by atoms with van der Waals surface area (Å²) < 4.78 is 31.8. The summed E-state index contributed by atoms with van der Waals surface area (Å²) in [6, 6.07) is 2.04. The summed E-state index contributed by atoms with van der Waals surface area (Å²) in [5.74, 6) is 4.20. The van der Waals surface area contributed by atoms with E-state index in [0.717, 1.165) is 12.1 Å². The van der Waals surface area contributed by atoms with Crippen LogP contribution in [0.5, 0.6) is 0 Å². The maximum Gasteiger partial charge on any atom is 0.210 e. The summed E-state index contributed by atoms with van der Waals surface area (Å²) in [5.41, 5.74) is 2.23. The largest absolute Gasteiger partial charge is 0.385 e. The van der Waals surface area contributed by atoms with Crippen LogP contribution in [0.4, 0.5) is 14.5 Å². The molecular formula is C11H15BrF2N4O. The molecule has 4 N–H and O–H groups in total. The number of aliphatic imine (C=N–C) groups is 1. The molecule has 0 spiro atoms. The van der Waals surface area contributed by atoms with Crippen LogP contribution < -0.4 is 16.6 Å². The van der Waals surface area contributed by atoms with E-state index in [9.17, 15) is 8.78 Å². The number of ether oxygens (including phenoxy) is 1. The second-order valence-electron chi connectivity index (χ2n) is 3.59. The van der Waals surface area contributed by atoms with Crippen LogP contribution in [-0.4, -0.2) is 26.2 Å². The number of nitrogens with one attached hydrogen (secondary N) is 2. The molecule has 1 rings (SSSR count). The van der Waals surface area contributed by atoms with Crippen molar-refractivity contribution in [2.75, 3.05) is 25.6 Å². The van der Waals surface area contributed by atoms with Gasteiger partial charge in [-0.2, -0.15) is 0 Å². The molecule has 0 fully saturated rings. The fourth-order valence-electron chi connectivity index (χ4n) is 1.27. The number of hydrazine groups is 1. The van der Waals surface area contributed by atoms with E-state index >= 15 is 0 Å². The van der Waals surface area contributed by atoms with Gasteiger partial charge in [0.05, 0.1) is 10.2 Å². The quantitative estimate of drug-likeness (QED) is 0.192. The lowest BCUT2D eigenvalue weighted by molar-refractivity contribution is 0.197. The summed E-state index contributed by atoms with van der Waals surface area (Å²) >= 11 is 2.90. The molecule has 0 aliphatic rings. The van der Waals surface area contributed by atoms with Crippen LogP contribution in [0.1, 0.15) is 6.42 Å². The summed E-state index contributed by atoms with van der Waals surface area (Å²) in [6.07, 6.45) is 0.695. The van der Waals surface area contributed by atoms with Crippen molar-refractivity contribution in [1.29, 1.82) is 0 Å². The molecular weight excluding hydrogens is 322 g/mol. The van der Waals surface area contributed by atoms with Crippen LogP contribution >= 0.6 is 15.9 Å². The summed E-state index contributed by atoms with van der Waals surface area (Å²) in [5, 5.41) is 2.58. The van der Waals surface area contributed by atoms with Crippen molar-refractivity contribution < 1.29 is 13.5 Å². The van der Waals surface area contributed by atoms with Gasteiger partial charge in [-0.05, 0) is 28.4 Å². The number of nitrogens with zero attached hydrogens (tertiary/aromatic N) is 1. The van der Waals surface area contributed by atoms with Gasteiger partial charge < -0.3 is 10.1 Å². The highest BCUT2D eigenvalue weighted by Crippen LogP contribution is 2.23. The highest BCUT2D eigenvalue weighted by Gasteiger charge is 2.09. The number of anilines is 1. The van der Waals surface area contributed by atoms with Crippen molar-refractivity contribution in [3.8, 4) is 0 Å². The van der Waals surface area contributed by atoms with Crippen LogP contribution in [0.25, 0.3) is 0 Å². The number of benzene rings is 1. The maximum absolute atomic E-state index is 13.6. The van der Waals surface area contributed by atoms with Crippen molar-refractivity contribution in [2.24, 2.45) is 10.8 Å². The predicted octanol–water partition coefficient (Wildman–Crippen LogP) is 1.99. The predicted molar refractivity (Wildman–Crippen MR) is 73.8 cm³/mol. The molecule has 0 saturated heterocycles. The first-order chi connectivity index (χ1) is 9.08. The smallest absolute Gasteiger partial charge is 0.210 e. The molecule has 106 valence electrons. The number of nitrogens with two attached hydrogens (primary N) is 1. The van der Waals surface area contributed by atoms with Gasteiger partial charge in [-0.3, -0.25) is 10.4 Å². The van der Waals surface area contributed by atoms with E-state index in [4.69, 9.17) is 10.6 Å². The first kappa shape index (κ1) is 15.8. The topological polar surface area (TPSA) is 71.7 Å². The van der Waals surface area contributed by atoms with Gasteiger partial charge in [-0.25, -0.2) is 14.6 Å². The van der Waals surface area contributed by atoms with Gasteiger partial charge in [0.2, 0.25) is 5.96 Å². The van der Waals surface area contributed by atoms with Gasteiger partial charge in [-0.15, -0.1) is 0 Å². The molecule has 5 nitrogen and oxygen atoms in total. The minimum atomic E-state index is -0.617. The fourth-order valence-corrected chi connectivity index (χ4v) is 1.58. The third-order valence-electron chi connectivity index (χ3n) is 2.18. The molecule has 0 amide bonds. The molecule has 0 aliphatic heterocycles. The van der Waals surface area contributed by atoms with Gasteiger partial charge in [-0.1, -0.05) is 0 Å². The molecule has 0 radical (unpaired) electrons. The van der Waals surface area contributed by atoms with Crippen LogP contribution in [0.2, 0.25) is 0 Å². The van der Waals surface area contributed by atoms with Crippen molar-refractivity contribution in [2.45, 2.75) is 6.42 Å². The second-order valence-corrected chi connectivity index (χ2v) is 4.45. The van der Waals surface area contributed by atoms with Gasteiger partial charge in [0.25, 0.3) is 0 Å². The number of halogens is 3. The van der Waals surface area contributed by atoms with Crippen LogP contribution in [0, 0.1) is 11.6 Å². The zero-order valence-electron chi connectivity index (χ0n) is 10.3. The number of hydrogen-bond acceptors (Lipinski definition) is 3. The van der Waals surface area contributed by atoms with Crippen molar-refractivity contribution in [3.05, 3.63) is 28.2 Å². The average Bonchev–Trinajstić information content (AvgIpc) is 2.39. The van der Waals surface area contributed by atoms with Gasteiger partial charge in [0, 0.05) is 26.3 Å². The van der Waals surface area contributed by atoms with Gasteiger partial charge in [0.1, 0.15) is 11.6 Å². The minimum absolute atomic E-state index is 0.0508. The molecule has 0 aliphatic carbocycles. The zero-order valence-corrected chi connectivity index (χ0v) is 11.9. The summed E-state index contributed by atoms with van der Waals surface area (Å²) in [4.78, 5) is 4.06. The van der Waals surface area contributed by atoms with E-state index in [1.54, 1.807) is 7.11 Å². The summed E-state index contributed by atoms with van der Waals surface area (Å²) in [6.45, 7) is 1.00. The van der Waals surface area contributed by atoms with Gasteiger partial charge >= 0.3 is 0 Å². The van der Waals surface area contributed by atoms with E-state index in [-0.39, 0.29) is 16.1 Å². The Labute approximate surface area is 118 Å². The zero-order chi connectivity index (χ0) is 14.3. The third-order valence-corrected chi connectivity index (χ3v) is 2.78. The first-order valence-corrected chi connectivity index (χ1v) is 6.29. The lowest BCUT2D eigenvalue weighted by Gasteiger charge is -2.10. The lowest BCUT2D eigenvalue weighted by Crippen LogP contribution is -2.36. The Morgan fingerprint density at radius 3 is 2.79 bits per heavy atom. The molecule has 8 heteroatoms. The van der Waals surface area contributed by atoms with Crippen molar-refractivity contribution in [3.63, 3.8) is 0 Å². The van der Waals surface area contributed by atoms with E-state index in [1.165, 1.54) is 0 Å². The Hall–Kier alpha value is -1.25. The van der Waals surface area contributed by atoms with Crippen LogP contribution in [0.15, 0.2) is 21.6 Å². The first-order valence-electron chi connectivity index (χ1n) is 5.50. The highest BCUT2D eigenvalue weighted by molar-refractivity contribution is 9.10. The monoisotopic (exact) mass is 336 g/mol. The molecule has 0 heterocycles. The molecule has 1 aromatic carbocycles. The molecule has 0 aromatic heterocycles. The number of methoxy groups -OCH3 is 1. The third kappa shape index (κ3) is 5.09. The lowest BCUT2D eigenvalue weighted by atomic mass is 10.3. The van der Waals surface area contributed by atoms with Crippen molar-refractivity contribution >= 4 is 27.6 Å². The molecule has 0 atom stereocenters. The number of guanidine groups is 1. The van der Waals surface area contributed by atoms with Crippen molar-refractivity contribution in [1.82, 2.24) is 5.43 Å². The van der Waals surface area contributed by atoms with Crippen LogP contribution in [-0.2, 0) is 4.74 Å². The second kappa shape index (κ2) is 8.03. The maximum atomic E-state index is 13.6. The minimum Gasteiger partial charge on any atom is -0.385 e. The molecule has 0 saturated carbocycles. The Kier molecular flexibility index (Phi) is 6.68. The number of rotatable bonds is 5. The van der Waals surface area contributed by atoms with Crippen LogP contribution in [0.3, 0.4) is 0 Å². The molecule has 19 heavy (non-hydrogen) atoms. The van der Waals surface area contributed by atoms with E-state index in [2.05, 4.69) is 31.7 Å². The standard InChI is InChI=1S/C11H15BrF2N4O/c1-19-4-2-3-16-11(18-15)17-10-6-8(13)7(12)5-9(10)14/h5-6H,2-4,15H2,1H3,(H2,16,17,18). The SMILES string of the molecule is COCCCN=C(NN)Nc1cc(F)c(Br)cc1F. The molecule has 0 unspecified atom stereocenters. The highest BCUT2D eigenvalue weighted by atomic mass is 79.9. The average molecular weight is 337 g/mol. The molecule has 0 bridgehead atoms.